The number of hydrogen-bond acceptors (Lipinski definition) is 2. The summed E-state index contributed by atoms with van der Waals surface area (Å²) < 4.78 is 0. The number of para-hydroxylation sites is 1. The summed E-state index contributed by atoms with van der Waals surface area (Å²) in [6, 6.07) is 7.26. The summed E-state index contributed by atoms with van der Waals surface area (Å²) in [7, 11) is 0. The second-order valence-electron chi connectivity index (χ2n) is 4.02. The molecule has 1 atom stereocenters. The van der Waals surface area contributed by atoms with Crippen molar-refractivity contribution in [2.24, 2.45) is 0 Å². The molecule has 1 unspecified atom stereocenters. The molecule has 1 aliphatic heterocycles. The highest BCUT2D eigenvalue weighted by atomic mass is 79.9. The van der Waals surface area contributed by atoms with Crippen LogP contribution in [0.3, 0.4) is 0 Å². The molecule has 0 spiro atoms. The van der Waals surface area contributed by atoms with E-state index in [1.54, 1.807) is 12.1 Å². The van der Waals surface area contributed by atoms with E-state index in [-0.39, 0.29) is 10.7 Å². The van der Waals surface area contributed by atoms with Crippen LogP contribution in [0.15, 0.2) is 24.3 Å². The lowest BCUT2D eigenvalue weighted by Crippen LogP contribution is -2.27. The first-order chi connectivity index (χ1) is 7.66. The van der Waals surface area contributed by atoms with Gasteiger partial charge in [0.1, 0.15) is 5.75 Å². The van der Waals surface area contributed by atoms with Crippen molar-refractivity contribution >= 4 is 21.8 Å². The van der Waals surface area contributed by atoms with Crippen LogP contribution in [0.5, 0.6) is 5.75 Å². The standard InChI is InChI=1S/C12H14BrNO2/c13-10-7-12(16)14(8-10)6-5-9-3-1-2-4-11(9)15/h1-4,10,15H,5-8H2. The van der Waals surface area contributed by atoms with E-state index in [0.29, 0.717) is 25.1 Å². The lowest BCUT2D eigenvalue weighted by atomic mass is 10.1. The molecule has 1 aromatic carbocycles. The fourth-order valence-corrected chi connectivity index (χ4v) is 2.54. The van der Waals surface area contributed by atoms with Crippen molar-refractivity contribution in [1.29, 1.82) is 0 Å². The zero-order valence-corrected chi connectivity index (χ0v) is 10.5. The molecule has 0 bridgehead atoms. The van der Waals surface area contributed by atoms with Crippen LogP contribution in [0.25, 0.3) is 0 Å². The van der Waals surface area contributed by atoms with Crippen LogP contribution >= 0.6 is 15.9 Å². The van der Waals surface area contributed by atoms with Crippen molar-refractivity contribution in [3.63, 3.8) is 0 Å². The van der Waals surface area contributed by atoms with E-state index in [0.717, 1.165) is 12.1 Å². The molecule has 1 amide bonds. The Morgan fingerprint density at radius 2 is 2.19 bits per heavy atom. The van der Waals surface area contributed by atoms with Crippen molar-refractivity contribution in [3.05, 3.63) is 29.8 Å². The molecule has 86 valence electrons. The normalized spacial score (nSPS) is 20.4. The third-order valence-corrected chi connectivity index (χ3v) is 3.42. The second-order valence-corrected chi connectivity index (χ2v) is 5.31. The van der Waals surface area contributed by atoms with E-state index < -0.39 is 0 Å². The molecule has 3 nitrogen and oxygen atoms in total. The van der Waals surface area contributed by atoms with Crippen molar-refractivity contribution in [2.75, 3.05) is 13.1 Å². The van der Waals surface area contributed by atoms with Gasteiger partial charge < -0.3 is 10.0 Å². The summed E-state index contributed by atoms with van der Waals surface area (Å²) in [5.74, 6) is 0.502. The number of alkyl halides is 1. The maximum absolute atomic E-state index is 11.5. The van der Waals surface area contributed by atoms with Gasteiger partial charge >= 0.3 is 0 Å². The van der Waals surface area contributed by atoms with Crippen molar-refractivity contribution in [1.82, 2.24) is 4.90 Å². The Bertz CT molecular complexity index is 394. The van der Waals surface area contributed by atoms with E-state index in [4.69, 9.17) is 0 Å². The van der Waals surface area contributed by atoms with Crippen LogP contribution in [0.4, 0.5) is 0 Å². The number of hydrogen-bond donors (Lipinski definition) is 1. The number of rotatable bonds is 3. The van der Waals surface area contributed by atoms with Crippen LogP contribution in [-0.4, -0.2) is 33.8 Å². The topological polar surface area (TPSA) is 40.5 Å². The number of carbonyl (C=O) groups is 1. The maximum Gasteiger partial charge on any atom is 0.223 e. The molecule has 0 aromatic heterocycles. The summed E-state index contributed by atoms with van der Waals surface area (Å²) in [5.41, 5.74) is 0.897. The molecule has 1 fully saturated rings. The third-order valence-electron chi connectivity index (χ3n) is 2.81. The van der Waals surface area contributed by atoms with Gasteiger partial charge in [0.05, 0.1) is 0 Å². The third kappa shape index (κ3) is 2.55. The highest BCUT2D eigenvalue weighted by Gasteiger charge is 2.27. The summed E-state index contributed by atoms with van der Waals surface area (Å²) in [5, 5.41) is 9.59. The van der Waals surface area contributed by atoms with E-state index in [2.05, 4.69) is 15.9 Å². The number of halogens is 1. The summed E-state index contributed by atoms with van der Waals surface area (Å²) >= 11 is 3.45. The minimum absolute atomic E-state index is 0.192. The van der Waals surface area contributed by atoms with Crippen LogP contribution in [0.2, 0.25) is 0 Å². The predicted molar refractivity (Wildman–Crippen MR) is 65.7 cm³/mol. The Hall–Kier alpha value is -1.03. The number of benzene rings is 1. The van der Waals surface area contributed by atoms with Gasteiger partial charge in [-0.05, 0) is 18.1 Å². The molecule has 0 saturated carbocycles. The summed E-state index contributed by atoms with van der Waals surface area (Å²) in [6.45, 7) is 1.45. The Kier molecular flexibility index (Phi) is 3.49. The fraction of sp³-hybridized carbons (Fsp3) is 0.417. The molecule has 0 radical (unpaired) electrons. The second kappa shape index (κ2) is 4.87. The smallest absolute Gasteiger partial charge is 0.223 e. The number of amides is 1. The average molecular weight is 284 g/mol. The Morgan fingerprint density at radius 3 is 2.81 bits per heavy atom. The Labute approximate surface area is 103 Å². The SMILES string of the molecule is O=C1CC(Br)CN1CCc1ccccc1O. The van der Waals surface area contributed by atoms with Gasteiger partial charge in [-0.15, -0.1) is 0 Å². The lowest BCUT2D eigenvalue weighted by molar-refractivity contribution is -0.127. The largest absolute Gasteiger partial charge is 0.508 e. The first kappa shape index (κ1) is 11.5. The quantitative estimate of drug-likeness (QED) is 0.862. The van der Waals surface area contributed by atoms with Gasteiger partial charge in [-0.1, -0.05) is 34.1 Å². The van der Waals surface area contributed by atoms with Crippen molar-refractivity contribution < 1.29 is 9.90 Å². The average Bonchev–Trinajstić information content (AvgIpc) is 2.56. The number of phenols is 1. The minimum atomic E-state index is 0.192. The maximum atomic E-state index is 11.5. The molecule has 2 rings (SSSR count). The predicted octanol–water partition coefficient (Wildman–Crippen LogP) is 1.93. The Balaban J connectivity index is 1.93. The van der Waals surface area contributed by atoms with Crippen molar-refractivity contribution in [3.8, 4) is 5.75 Å². The van der Waals surface area contributed by atoms with E-state index in [9.17, 15) is 9.90 Å². The first-order valence-corrected chi connectivity index (χ1v) is 6.27. The molecule has 0 aliphatic carbocycles. The number of nitrogens with zero attached hydrogens (tertiary/aromatic N) is 1. The van der Waals surface area contributed by atoms with Gasteiger partial charge in [-0.25, -0.2) is 0 Å². The van der Waals surface area contributed by atoms with E-state index >= 15 is 0 Å². The van der Waals surface area contributed by atoms with Gasteiger partial charge in [0.2, 0.25) is 5.91 Å². The highest BCUT2D eigenvalue weighted by molar-refractivity contribution is 9.09. The summed E-state index contributed by atoms with van der Waals surface area (Å²) in [4.78, 5) is 13.6. The number of aromatic hydroxyl groups is 1. The summed E-state index contributed by atoms with van der Waals surface area (Å²) in [6.07, 6.45) is 1.29. The molecule has 4 heteroatoms. The van der Waals surface area contributed by atoms with Gasteiger partial charge in [0, 0.05) is 24.3 Å². The van der Waals surface area contributed by atoms with E-state index in [1.165, 1.54) is 0 Å². The zero-order valence-electron chi connectivity index (χ0n) is 8.90. The molecule has 1 heterocycles. The number of phenolic OH excluding ortho intramolecular Hbond substituents is 1. The minimum Gasteiger partial charge on any atom is -0.508 e. The molecular weight excluding hydrogens is 270 g/mol. The molecular formula is C12H14BrNO2. The fourth-order valence-electron chi connectivity index (χ4n) is 1.92. The zero-order chi connectivity index (χ0) is 11.5. The van der Waals surface area contributed by atoms with Gasteiger partial charge in [-0.3, -0.25) is 4.79 Å². The number of likely N-dealkylation sites (tertiary alicyclic amines) is 1. The number of carbonyl (C=O) groups excluding carboxylic acids is 1. The van der Waals surface area contributed by atoms with Crippen LogP contribution < -0.4 is 0 Å². The first-order valence-electron chi connectivity index (χ1n) is 5.35. The lowest BCUT2D eigenvalue weighted by Gasteiger charge is -2.15. The molecule has 1 aliphatic rings. The Morgan fingerprint density at radius 1 is 1.44 bits per heavy atom. The molecule has 1 saturated heterocycles. The van der Waals surface area contributed by atoms with Crippen molar-refractivity contribution in [2.45, 2.75) is 17.7 Å². The van der Waals surface area contributed by atoms with Crippen LogP contribution in [0.1, 0.15) is 12.0 Å². The van der Waals surface area contributed by atoms with Gasteiger partial charge in [-0.2, -0.15) is 0 Å². The van der Waals surface area contributed by atoms with Crippen LogP contribution in [0, 0.1) is 0 Å². The molecule has 1 aromatic rings. The molecule has 16 heavy (non-hydrogen) atoms. The van der Waals surface area contributed by atoms with Gasteiger partial charge in [0.15, 0.2) is 0 Å². The molecule has 1 N–H and O–H groups in total. The monoisotopic (exact) mass is 283 g/mol. The van der Waals surface area contributed by atoms with E-state index in [1.807, 2.05) is 17.0 Å². The van der Waals surface area contributed by atoms with Crippen LogP contribution in [-0.2, 0) is 11.2 Å². The van der Waals surface area contributed by atoms with Gasteiger partial charge in [0.25, 0.3) is 0 Å². The highest BCUT2D eigenvalue weighted by Crippen LogP contribution is 2.20.